The second-order valence-electron chi connectivity index (χ2n) is 6.81. The molecule has 2 heterocycles. The molecule has 3 aromatic rings. The predicted molar refractivity (Wildman–Crippen MR) is 115 cm³/mol. The van der Waals surface area contributed by atoms with Crippen LogP contribution in [0.1, 0.15) is 5.69 Å². The van der Waals surface area contributed by atoms with Crippen molar-refractivity contribution in [3.63, 3.8) is 0 Å². The van der Waals surface area contributed by atoms with Crippen LogP contribution in [-0.4, -0.2) is 50.3 Å². The van der Waals surface area contributed by atoms with Gasteiger partial charge in [-0.1, -0.05) is 18.2 Å². The van der Waals surface area contributed by atoms with Gasteiger partial charge in [0.15, 0.2) is 0 Å². The first-order chi connectivity index (χ1) is 13.8. The number of hydrogen-bond acceptors (Lipinski definition) is 6. The van der Waals surface area contributed by atoms with E-state index >= 15 is 0 Å². The number of aromatic nitrogens is 1. The summed E-state index contributed by atoms with van der Waals surface area (Å²) in [6.07, 6.45) is 0. The smallest absolute Gasteiger partial charge is 0.132 e. The molecular weight excluding hydrogens is 370 g/mol. The minimum absolute atomic E-state index is 0.786. The van der Waals surface area contributed by atoms with Crippen molar-refractivity contribution in [1.29, 1.82) is 0 Å². The minimum Gasteiger partial charge on any atom is -0.497 e. The topological polar surface area (TPSA) is 37.8 Å². The number of hydrogen-bond donors (Lipinski definition) is 0. The van der Waals surface area contributed by atoms with Gasteiger partial charge in [0.2, 0.25) is 0 Å². The van der Waals surface area contributed by atoms with E-state index in [1.54, 1.807) is 25.6 Å². The molecule has 1 aromatic heterocycles. The highest BCUT2D eigenvalue weighted by atomic mass is 32.1. The SMILES string of the molecule is COc1ccc(-c2nc(CN3CCN(c4ccccc4)CC3)cs2)c(OC)c1. The Kier molecular flexibility index (Phi) is 5.78. The fraction of sp³-hybridized carbons (Fsp3) is 0.318. The fourth-order valence-corrected chi connectivity index (χ4v) is 4.35. The van der Waals surface area contributed by atoms with Crippen molar-refractivity contribution in [3.05, 3.63) is 59.6 Å². The molecule has 6 heteroatoms. The van der Waals surface area contributed by atoms with E-state index in [9.17, 15) is 0 Å². The van der Waals surface area contributed by atoms with Crippen LogP contribution in [0.2, 0.25) is 0 Å². The van der Waals surface area contributed by atoms with Crippen LogP contribution in [0.25, 0.3) is 10.6 Å². The van der Waals surface area contributed by atoms with Gasteiger partial charge >= 0.3 is 0 Å². The van der Waals surface area contributed by atoms with E-state index in [-0.39, 0.29) is 0 Å². The van der Waals surface area contributed by atoms with Crippen molar-refractivity contribution >= 4 is 17.0 Å². The molecule has 0 unspecified atom stereocenters. The highest BCUT2D eigenvalue weighted by molar-refractivity contribution is 7.13. The molecule has 1 aliphatic rings. The van der Waals surface area contributed by atoms with Gasteiger partial charge in [0.25, 0.3) is 0 Å². The molecule has 0 bridgehead atoms. The third-order valence-corrected chi connectivity index (χ3v) is 5.99. The number of thiazole rings is 1. The Bertz CT molecular complexity index is 905. The molecule has 0 radical (unpaired) electrons. The summed E-state index contributed by atoms with van der Waals surface area (Å²) >= 11 is 1.66. The zero-order chi connectivity index (χ0) is 19.3. The number of nitrogens with zero attached hydrogens (tertiary/aromatic N) is 3. The van der Waals surface area contributed by atoms with E-state index in [2.05, 4.69) is 45.5 Å². The molecule has 0 atom stereocenters. The van der Waals surface area contributed by atoms with Crippen LogP contribution in [0.5, 0.6) is 11.5 Å². The average molecular weight is 396 g/mol. The van der Waals surface area contributed by atoms with Crippen molar-refractivity contribution < 1.29 is 9.47 Å². The van der Waals surface area contributed by atoms with Gasteiger partial charge in [0.05, 0.1) is 25.5 Å². The number of methoxy groups -OCH3 is 2. The summed E-state index contributed by atoms with van der Waals surface area (Å²) in [5.41, 5.74) is 3.43. The first kappa shape index (κ1) is 18.8. The molecule has 0 saturated carbocycles. The van der Waals surface area contributed by atoms with E-state index in [0.29, 0.717) is 0 Å². The number of benzene rings is 2. The summed E-state index contributed by atoms with van der Waals surface area (Å²) in [5.74, 6) is 1.57. The third kappa shape index (κ3) is 4.13. The molecule has 28 heavy (non-hydrogen) atoms. The molecule has 1 aliphatic heterocycles. The average Bonchev–Trinajstić information content (AvgIpc) is 3.22. The zero-order valence-corrected chi connectivity index (χ0v) is 17.1. The third-order valence-electron chi connectivity index (χ3n) is 5.07. The summed E-state index contributed by atoms with van der Waals surface area (Å²) in [6, 6.07) is 16.5. The molecule has 1 fully saturated rings. The highest BCUT2D eigenvalue weighted by Crippen LogP contribution is 2.35. The Balaban J connectivity index is 1.39. The van der Waals surface area contributed by atoms with Gasteiger partial charge in [-0.05, 0) is 24.3 Å². The quantitative estimate of drug-likeness (QED) is 0.627. The maximum atomic E-state index is 5.53. The van der Waals surface area contributed by atoms with Crippen LogP contribution in [0.4, 0.5) is 5.69 Å². The maximum absolute atomic E-state index is 5.53. The number of ether oxygens (including phenoxy) is 2. The van der Waals surface area contributed by atoms with Gasteiger partial charge in [-0.3, -0.25) is 4.90 Å². The fourth-order valence-electron chi connectivity index (χ4n) is 3.51. The molecule has 0 amide bonds. The lowest BCUT2D eigenvalue weighted by Gasteiger charge is -2.35. The van der Waals surface area contributed by atoms with E-state index in [1.807, 2.05) is 18.2 Å². The maximum Gasteiger partial charge on any atom is 0.132 e. The lowest BCUT2D eigenvalue weighted by Crippen LogP contribution is -2.46. The molecule has 2 aromatic carbocycles. The normalized spacial score (nSPS) is 14.9. The predicted octanol–water partition coefficient (Wildman–Crippen LogP) is 4.15. The summed E-state index contributed by atoms with van der Waals surface area (Å²) < 4.78 is 10.8. The molecule has 0 N–H and O–H groups in total. The Morgan fingerprint density at radius 2 is 1.75 bits per heavy atom. The monoisotopic (exact) mass is 395 g/mol. The van der Waals surface area contributed by atoms with Crippen molar-refractivity contribution in [2.75, 3.05) is 45.3 Å². The van der Waals surface area contributed by atoms with Crippen molar-refractivity contribution in [3.8, 4) is 22.1 Å². The van der Waals surface area contributed by atoms with Crippen LogP contribution in [0.15, 0.2) is 53.9 Å². The summed E-state index contributed by atoms with van der Waals surface area (Å²) in [6.45, 7) is 5.08. The Hall–Kier alpha value is -2.57. The lowest BCUT2D eigenvalue weighted by atomic mass is 10.2. The number of anilines is 1. The summed E-state index contributed by atoms with van der Waals surface area (Å²) in [5, 5.41) is 3.14. The second kappa shape index (κ2) is 8.63. The van der Waals surface area contributed by atoms with Crippen LogP contribution in [0.3, 0.4) is 0 Å². The van der Waals surface area contributed by atoms with E-state index < -0.39 is 0 Å². The largest absolute Gasteiger partial charge is 0.497 e. The Labute approximate surface area is 170 Å². The van der Waals surface area contributed by atoms with Crippen LogP contribution in [-0.2, 0) is 6.54 Å². The Morgan fingerprint density at radius 1 is 0.964 bits per heavy atom. The van der Waals surface area contributed by atoms with Crippen LogP contribution in [0, 0.1) is 0 Å². The van der Waals surface area contributed by atoms with Crippen molar-refractivity contribution in [1.82, 2.24) is 9.88 Å². The van der Waals surface area contributed by atoms with Gasteiger partial charge in [0, 0.05) is 49.9 Å². The number of para-hydroxylation sites is 1. The standard InChI is InChI=1S/C22H25N3O2S/c1-26-19-8-9-20(21(14-19)27-2)22-23-17(16-28-22)15-24-10-12-25(13-11-24)18-6-4-3-5-7-18/h3-9,14,16H,10-13,15H2,1-2H3. The molecule has 0 aliphatic carbocycles. The second-order valence-corrected chi connectivity index (χ2v) is 7.67. The van der Waals surface area contributed by atoms with Gasteiger partial charge in [-0.25, -0.2) is 4.98 Å². The number of rotatable bonds is 6. The first-order valence-electron chi connectivity index (χ1n) is 9.46. The number of piperazine rings is 1. The molecule has 1 saturated heterocycles. The van der Waals surface area contributed by atoms with Gasteiger partial charge in [-0.2, -0.15) is 0 Å². The lowest BCUT2D eigenvalue weighted by molar-refractivity contribution is 0.247. The molecular formula is C22H25N3O2S. The van der Waals surface area contributed by atoms with Crippen LogP contribution < -0.4 is 14.4 Å². The van der Waals surface area contributed by atoms with Gasteiger partial charge < -0.3 is 14.4 Å². The highest BCUT2D eigenvalue weighted by Gasteiger charge is 2.19. The molecule has 4 rings (SSSR count). The zero-order valence-electron chi connectivity index (χ0n) is 16.3. The summed E-state index contributed by atoms with van der Waals surface area (Å²) in [7, 11) is 3.34. The van der Waals surface area contributed by atoms with Crippen molar-refractivity contribution in [2.24, 2.45) is 0 Å². The first-order valence-corrected chi connectivity index (χ1v) is 10.3. The van der Waals surface area contributed by atoms with E-state index in [1.165, 1.54) is 5.69 Å². The van der Waals surface area contributed by atoms with Gasteiger partial charge in [-0.15, -0.1) is 11.3 Å². The van der Waals surface area contributed by atoms with Gasteiger partial charge in [0.1, 0.15) is 16.5 Å². The van der Waals surface area contributed by atoms with E-state index in [4.69, 9.17) is 14.5 Å². The molecule has 0 spiro atoms. The molecule has 5 nitrogen and oxygen atoms in total. The molecule has 146 valence electrons. The van der Waals surface area contributed by atoms with E-state index in [0.717, 1.165) is 60.5 Å². The van der Waals surface area contributed by atoms with Crippen LogP contribution >= 0.6 is 11.3 Å². The summed E-state index contributed by atoms with van der Waals surface area (Å²) in [4.78, 5) is 9.78. The van der Waals surface area contributed by atoms with Crippen molar-refractivity contribution in [2.45, 2.75) is 6.54 Å². The minimum atomic E-state index is 0.786. The Morgan fingerprint density at radius 3 is 2.46 bits per heavy atom.